The van der Waals surface area contributed by atoms with E-state index in [4.69, 9.17) is 9.47 Å². The van der Waals surface area contributed by atoms with Crippen LogP contribution in [0.25, 0.3) is 0 Å². The lowest BCUT2D eigenvalue weighted by Crippen LogP contribution is -2.54. The van der Waals surface area contributed by atoms with Crippen LogP contribution in [0.3, 0.4) is 0 Å². The summed E-state index contributed by atoms with van der Waals surface area (Å²) in [6.07, 6.45) is 0.758. The van der Waals surface area contributed by atoms with Crippen LogP contribution in [-0.2, 0) is 19.1 Å². The fraction of sp³-hybridized carbons (Fsp3) is 0.846. The molecule has 0 aromatic heterocycles. The van der Waals surface area contributed by atoms with Crippen LogP contribution in [0.1, 0.15) is 27.2 Å². The van der Waals surface area contributed by atoms with E-state index in [1.807, 2.05) is 6.92 Å². The molecule has 0 aromatic carbocycles. The normalized spacial score (nSPS) is 23.4. The first-order valence-electron chi connectivity index (χ1n) is 6.52. The van der Waals surface area contributed by atoms with Crippen molar-refractivity contribution in [2.24, 2.45) is 5.92 Å². The molecule has 1 aliphatic rings. The highest BCUT2D eigenvalue weighted by Gasteiger charge is 2.43. The molecule has 1 aliphatic heterocycles. The molecule has 1 saturated heterocycles. The highest BCUT2D eigenvalue weighted by Crippen LogP contribution is 2.24. The molecule has 6 nitrogen and oxygen atoms in total. The number of amides is 1. The number of carbonyl (C=O) groups is 2. The molecule has 110 valence electrons. The Morgan fingerprint density at radius 3 is 2.53 bits per heavy atom. The molecule has 1 rings (SSSR count). The Morgan fingerprint density at radius 1 is 1.42 bits per heavy atom. The molecule has 0 radical (unpaired) electrons. The number of carbonyl (C=O) groups excluding carboxylic acids is 1. The maximum atomic E-state index is 12.5. The van der Waals surface area contributed by atoms with Crippen molar-refractivity contribution in [3.8, 4) is 0 Å². The fourth-order valence-corrected chi connectivity index (χ4v) is 2.18. The maximum absolute atomic E-state index is 12.5. The average molecular weight is 273 g/mol. The second-order valence-electron chi connectivity index (χ2n) is 5.26. The number of nitrogens with zero attached hydrogens (tertiary/aromatic N) is 1. The van der Waals surface area contributed by atoms with E-state index >= 15 is 0 Å². The van der Waals surface area contributed by atoms with Gasteiger partial charge in [0.1, 0.15) is 11.5 Å². The first-order valence-corrected chi connectivity index (χ1v) is 6.52. The number of methoxy groups -OCH3 is 1. The van der Waals surface area contributed by atoms with Gasteiger partial charge in [-0.3, -0.25) is 9.59 Å². The summed E-state index contributed by atoms with van der Waals surface area (Å²) < 4.78 is 10.4. The van der Waals surface area contributed by atoms with Crippen molar-refractivity contribution < 1.29 is 24.2 Å². The van der Waals surface area contributed by atoms with Crippen LogP contribution in [0.5, 0.6) is 0 Å². The molecular formula is C13H23NO5. The minimum atomic E-state index is -0.958. The summed E-state index contributed by atoms with van der Waals surface area (Å²) >= 11 is 0. The molecule has 1 N–H and O–H groups in total. The van der Waals surface area contributed by atoms with Crippen molar-refractivity contribution in [3.05, 3.63) is 0 Å². The van der Waals surface area contributed by atoms with E-state index in [0.717, 1.165) is 6.42 Å². The molecule has 0 spiro atoms. The van der Waals surface area contributed by atoms with Crippen LogP contribution in [0.4, 0.5) is 0 Å². The van der Waals surface area contributed by atoms with E-state index in [9.17, 15) is 14.7 Å². The van der Waals surface area contributed by atoms with E-state index < -0.39 is 23.5 Å². The Bertz CT molecular complexity index is 342. The average Bonchev–Trinajstić information content (AvgIpc) is 2.84. The van der Waals surface area contributed by atoms with Crippen LogP contribution >= 0.6 is 0 Å². The monoisotopic (exact) mass is 273 g/mol. The van der Waals surface area contributed by atoms with Gasteiger partial charge in [-0.15, -0.1) is 0 Å². The Hall–Kier alpha value is -1.14. The topological polar surface area (TPSA) is 76.1 Å². The zero-order chi connectivity index (χ0) is 14.6. The predicted molar refractivity (Wildman–Crippen MR) is 68.8 cm³/mol. The number of hydrogen-bond donors (Lipinski definition) is 1. The van der Waals surface area contributed by atoms with Crippen molar-refractivity contribution in [1.29, 1.82) is 0 Å². The van der Waals surface area contributed by atoms with Gasteiger partial charge in [0.15, 0.2) is 0 Å². The van der Waals surface area contributed by atoms with Crippen molar-refractivity contribution in [2.45, 2.75) is 38.8 Å². The summed E-state index contributed by atoms with van der Waals surface area (Å²) in [6, 6.07) is -0.417. The number of ether oxygens (including phenoxy) is 2. The summed E-state index contributed by atoms with van der Waals surface area (Å²) in [5.41, 5.74) is -0.958. The van der Waals surface area contributed by atoms with Gasteiger partial charge in [0, 0.05) is 13.7 Å². The fourth-order valence-electron chi connectivity index (χ4n) is 2.18. The Balaban J connectivity index is 2.94. The molecule has 0 aromatic rings. The minimum Gasteiger partial charge on any atom is -0.481 e. The van der Waals surface area contributed by atoms with Gasteiger partial charge in [-0.1, -0.05) is 6.92 Å². The predicted octanol–water partition coefficient (Wildman–Crippen LogP) is 0.750. The van der Waals surface area contributed by atoms with Crippen molar-refractivity contribution >= 4 is 11.9 Å². The number of hydrogen-bond acceptors (Lipinski definition) is 4. The zero-order valence-corrected chi connectivity index (χ0v) is 12.0. The van der Waals surface area contributed by atoms with Crippen molar-refractivity contribution in [1.82, 2.24) is 4.90 Å². The SMILES string of the molecule is CCCN(C(=O)C(C)(C)OC)C1COCC1C(=O)O. The molecule has 1 fully saturated rings. The highest BCUT2D eigenvalue weighted by molar-refractivity contribution is 5.85. The van der Waals surface area contributed by atoms with Gasteiger partial charge in [-0.25, -0.2) is 0 Å². The molecule has 2 unspecified atom stereocenters. The maximum Gasteiger partial charge on any atom is 0.311 e. The summed E-state index contributed by atoms with van der Waals surface area (Å²) in [5, 5.41) is 9.19. The molecule has 2 atom stereocenters. The summed E-state index contributed by atoms with van der Waals surface area (Å²) in [5.74, 6) is -1.78. The van der Waals surface area contributed by atoms with Gasteiger partial charge >= 0.3 is 5.97 Å². The van der Waals surface area contributed by atoms with Crippen LogP contribution < -0.4 is 0 Å². The standard InChI is InChI=1S/C13H23NO5/c1-5-6-14(12(17)13(2,3)18-4)10-8-19-7-9(10)11(15)16/h9-10H,5-8H2,1-4H3,(H,15,16). The van der Waals surface area contributed by atoms with Crippen LogP contribution in [0, 0.1) is 5.92 Å². The van der Waals surface area contributed by atoms with E-state index in [-0.39, 0.29) is 19.1 Å². The molecule has 1 amide bonds. The molecule has 19 heavy (non-hydrogen) atoms. The van der Waals surface area contributed by atoms with Crippen molar-refractivity contribution in [2.75, 3.05) is 26.9 Å². The Morgan fingerprint density at radius 2 is 2.05 bits per heavy atom. The first kappa shape index (κ1) is 15.9. The lowest BCUT2D eigenvalue weighted by molar-refractivity contribution is -0.156. The molecule has 6 heteroatoms. The number of aliphatic carboxylic acids is 1. The number of carboxylic acids is 1. The summed E-state index contributed by atoms with van der Waals surface area (Å²) in [6.45, 7) is 6.24. The molecular weight excluding hydrogens is 250 g/mol. The highest BCUT2D eigenvalue weighted by atomic mass is 16.5. The third-order valence-corrected chi connectivity index (χ3v) is 3.52. The van der Waals surface area contributed by atoms with Gasteiger partial charge in [-0.2, -0.15) is 0 Å². The quantitative estimate of drug-likeness (QED) is 0.773. The van der Waals surface area contributed by atoms with Gasteiger partial charge in [0.2, 0.25) is 0 Å². The van der Waals surface area contributed by atoms with Gasteiger partial charge in [0.05, 0.1) is 19.3 Å². The summed E-state index contributed by atoms with van der Waals surface area (Å²) in [7, 11) is 1.47. The number of rotatable bonds is 6. The Kier molecular flexibility index (Phi) is 5.31. The van der Waals surface area contributed by atoms with Gasteiger partial charge in [-0.05, 0) is 20.3 Å². The smallest absolute Gasteiger partial charge is 0.311 e. The third-order valence-electron chi connectivity index (χ3n) is 3.52. The van der Waals surface area contributed by atoms with Crippen LogP contribution in [-0.4, -0.2) is 60.4 Å². The first-order chi connectivity index (χ1) is 8.85. The lowest BCUT2D eigenvalue weighted by Gasteiger charge is -2.35. The summed E-state index contributed by atoms with van der Waals surface area (Å²) in [4.78, 5) is 25.3. The minimum absolute atomic E-state index is 0.154. The van der Waals surface area contributed by atoms with E-state index in [0.29, 0.717) is 6.54 Å². The molecule has 0 aliphatic carbocycles. The Labute approximate surface area is 113 Å². The van der Waals surface area contributed by atoms with Gasteiger partial charge < -0.3 is 19.5 Å². The zero-order valence-electron chi connectivity index (χ0n) is 12.0. The second-order valence-corrected chi connectivity index (χ2v) is 5.26. The molecule has 0 saturated carbocycles. The lowest BCUT2D eigenvalue weighted by atomic mass is 9.99. The van der Waals surface area contributed by atoms with Crippen molar-refractivity contribution in [3.63, 3.8) is 0 Å². The number of carboxylic acid groups (broad SMARTS) is 1. The second kappa shape index (κ2) is 6.34. The van der Waals surface area contributed by atoms with E-state index in [2.05, 4.69) is 0 Å². The van der Waals surface area contributed by atoms with Crippen LogP contribution in [0.15, 0.2) is 0 Å². The van der Waals surface area contributed by atoms with Crippen LogP contribution in [0.2, 0.25) is 0 Å². The largest absolute Gasteiger partial charge is 0.481 e. The van der Waals surface area contributed by atoms with E-state index in [1.165, 1.54) is 7.11 Å². The third kappa shape index (κ3) is 3.45. The van der Waals surface area contributed by atoms with Gasteiger partial charge in [0.25, 0.3) is 5.91 Å². The molecule has 0 bridgehead atoms. The van der Waals surface area contributed by atoms with E-state index in [1.54, 1.807) is 18.7 Å². The molecule has 1 heterocycles.